The number of rotatable bonds is 17. The molecule has 5 aromatic rings. The Labute approximate surface area is 356 Å². The number of carbonyl (C=O) groups excluding carboxylic acids is 2. The number of carbonyl (C=O) groups is 2. The molecule has 1 N–H and O–H groups in total. The highest BCUT2D eigenvalue weighted by molar-refractivity contribution is 8.01. The first kappa shape index (κ1) is 44.4. The summed E-state index contributed by atoms with van der Waals surface area (Å²) in [7, 11) is -0.882. The minimum Gasteiger partial charge on any atom is -0.497 e. The van der Waals surface area contributed by atoms with Crippen molar-refractivity contribution in [2.75, 3.05) is 19.5 Å². The van der Waals surface area contributed by atoms with Crippen LogP contribution in [0.2, 0.25) is 18.1 Å². The van der Waals surface area contributed by atoms with Crippen molar-refractivity contribution < 1.29 is 33.0 Å². The van der Waals surface area contributed by atoms with Gasteiger partial charge in [0.15, 0.2) is 12.7 Å². The number of benzene rings is 4. The maximum absolute atomic E-state index is 16.0. The molecule has 0 spiro atoms. The van der Waals surface area contributed by atoms with Crippen molar-refractivity contribution in [1.29, 1.82) is 0 Å². The van der Waals surface area contributed by atoms with E-state index in [9.17, 15) is 5.11 Å². The molecule has 0 aliphatic carbocycles. The summed E-state index contributed by atoms with van der Waals surface area (Å²) in [6.45, 7) is 8.07. The molecule has 1 fully saturated rings. The number of thioether (sulfide) groups is 1. The first-order chi connectivity index (χ1) is 28.2. The Morgan fingerprint density at radius 1 is 0.932 bits per heavy atom. The number of likely N-dealkylation sites (tertiary alicyclic amines) is 1. The number of nitrogens with zero attached hydrogens (tertiary/aromatic N) is 3. The van der Waals surface area contributed by atoms with Gasteiger partial charge in [0.05, 0.1) is 38.0 Å². The van der Waals surface area contributed by atoms with E-state index in [1.54, 1.807) is 24.8 Å². The van der Waals surface area contributed by atoms with Crippen LogP contribution in [0.4, 0.5) is 4.39 Å². The van der Waals surface area contributed by atoms with Crippen molar-refractivity contribution in [2.24, 2.45) is 11.8 Å². The number of aliphatic hydroxyl groups is 1. The molecule has 1 saturated heterocycles. The van der Waals surface area contributed by atoms with Gasteiger partial charge in [-0.1, -0.05) is 147 Å². The summed E-state index contributed by atoms with van der Waals surface area (Å²) in [6.07, 6.45) is -1.89. The average molecular weight is 874 g/mol. The average Bonchev–Trinajstić information content (AvgIpc) is 3.76. The number of aromatic nitrogens is 2. The maximum atomic E-state index is 16.0. The van der Waals surface area contributed by atoms with E-state index in [4.69, 9.17) is 13.9 Å². The van der Waals surface area contributed by atoms with Gasteiger partial charge in [-0.25, -0.2) is 4.79 Å². The topological polar surface area (TPSA) is 111 Å². The van der Waals surface area contributed by atoms with E-state index >= 15 is 14.0 Å². The minimum absolute atomic E-state index is 0.0973. The second-order valence-electron chi connectivity index (χ2n) is 16.1. The number of methoxy groups -OCH3 is 1. The molecular weight excluding hydrogens is 821 g/mol. The minimum atomic E-state index is -3.34. The highest BCUT2D eigenvalue weighted by atomic mass is 32.2. The lowest BCUT2D eigenvalue weighted by molar-refractivity contribution is -0.163. The van der Waals surface area contributed by atoms with Gasteiger partial charge >= 0.3 is 5.97 Å². The predicted octanol–water partition coefficient (Wildman–Crippen LogP) is 7.69. The van der Waals surface area contributed by atoms with Crippen LogP contribution in [0.1, 0.15) is 33.3 Å². The molecule has 0 bridgehead atoms. The molecule has 9 nitrogen and oxygen atoms in total. The fourth-order valence-corrected chi connectivity index (χ4v) is 14.8. The predicted molar refractivity (Wildman–Crippen MR) is 241 cm³/mol. The molecule has 1 amide bonds. The van der Waals surface area contributed by atoms with E-state index in [0.717, 1.165) is 15.9 Å². The van der Waals surface area contributed by atoms with Gasteiger partial charge < -0.3 is 23.9 Å². The quantitative estimate of drug-likeness (QED) is 0.0331. The van der Waals surface area contributed by atoms with Crippen molar-refractivity contribution in [2.45, 2.75) is 75.0 Å². The van der Waals surface area contributed by atoms with Gasteiger partial charge in [-0.3, -0.25) is 9.18 Å². The van der Waals surface area contributed by atoms with Crippen molar-refractivity contribution in [1.82, 2.24) is 15.1 Å². The lowest BCUT2D eigenvalue weighted by Gasteiger charge is -2.55. The van der Waals surface area contributed by atoms with E-state index in [1.807, 2.05) is 110 Å². The highest BCUT2D eigenvalue weighted by Gasteiger charge is 2.60. The number of esters is 1. The SMILES string of the molecule is COc1ccc(COC(=O)C(N2C(=O)[C@H]([C@@H](C)O[Si](C)(C)C(C)(C)C)[C@H]2[C@H](CF)[C@H](O)CSc2nncs2)=P(c2ccccc2)(c2ccccc2)c2ccccc2)cc1. The Morgan fingerprint density at radius 3 is 1.93 bits per heavy atom. The molecule has 2 heterocycles. The highest BCUT2D eigenvalue weighted by Crippen LogP contribution is 2.51. The fourth-order valence-electron chi connectivity index (χ4n) is 7.46. The largest absolute Gasteiger partial charge is 0.497 e. The van der Waals surface area contributed by atoms with Gasteiger partial charge in [0, 0.05) is 18.6 Å². The third-order valence-corrected chi connectivity index (χ3v) is 22.3. The molecule has 1 aromatic heterocycles. The van der Waals surface area contributed by atoms with E-state index in [-0.39, 0.29) is 28.7 Å². The maximum Gasteiger partial charge on any atom is 0.356 e. The van der Waals surface area contributed by atoms with Crippen LogP contribution in [0.5, 0.6) is 5.75 Å². The number of aliphatic hydroxyl groups excluding tert-OH is 1. The van der Waals surface area contributed by atoms with Crippen LogP contribution in [-0.2, 0) is 25.4 Å². The van der Waals surface area contributed by atoms with E-state index in [0.29, 0.717) is 15.7 Å². The lowest BCUT2D eigenvalue weighted by atomic mass is 9.74. The molecule has 5 atom stereocenters. The number of β-lactam (4-membered cyclic amide) rings is 1. The number of alkyl halides is 1. The summed E-state index contributed by atoms with van der Waals surface area (Å²) in [5, 5.41) is 22.2. The van der Waals surface area contributed by atoms with Gasteiger partial charge in [-0.05, 0) is 58.7 Å². The Morgan fingerprint density at radius 2 is 1.47 bits per heavy atom. The summed E-state index contributed by atoms with van der Waals surface area (Å²) >= 11 is 2.60. The zero-order valence-corrected chi connectivity index (χ0v) is 38.1. The summed E-state index contributed by atoms with van der Waals surface area (Å²) in [6, 6.07) is 35.4. The molecule has 14 heteroatoms. The van der Waals surface area contributed by atoms with Crippen LogP contribution in [0.3, 0.4) is 0 Å². The molecule has 1 aliphatic rings. The number of hydrogen-bond acceptors (Lipinski definition) is 10. The number of amides is 1. The molecule has 0 saturated carbocycles. The number of halogens is 1. The normalized spacial score (nSPS) is 17.4. The van der Waals surface area contributed by atoms with Crippen molar-refractivity contribution in [3.63, 3.8) is 0 Å². The van der Waals surface area contributed by atoms with Gasteiger partial charge in [0.1, 0.15) is 23.3 Å². The Kier molecular flexibility index (Phi) is 14.4. The Hall–Kier alpha value is -4.10. The van der Waals surface area contributed by atoms with E-state index < -0.39 is 57.9 Å². The Balaban J connectivity index is 1.62. The van der Waals surface area contributed by atoms with E-state index in [1.165, 1.54) is 28.0 Å². The first-order valence-electron chi connectivity index (χ1n) is 19.6. The standard InChI is InChI=1S/C45H53FN3O6PS2Si/c1-31(55-59(6,7)45(2,3)4)39-40(37(27-46)38(50)29-57-44-48-47-30-58-44)49(41(39)51)42(43(52)54-28-32-23-25-33(53-5)26-24-32)56(34-17-11-8-12-18-34,35-19-13-9-14-20-35)36-21-15-10-16-22-36/h8-26,30-31,37-40,50H,27-29H2,1-7H3/t31-,37-,38-,39-,40-/m1/s1. The van der Waals surface area contributed by atoms with Crippen LogP contribution >= 0.6 is 30.0 Å². The monoisotopic (exact) mass is 873 g/mol. The fraction of sp³-hybridized carbons (Fsp3) is 0.356. The number of ether oxygens (including phenoxy) is 2. The van der Waals surface area contributed by atoms with Crippen LogP contribution in [-0.4, -0.2) is 83.6 Å². The Bertz CT molecular complexity index is 2110. The van der Waals surface area contributed by atoms with Crippen molar-refractivity contribution in [3.8, 4) is 5.75 Å². The van der Waals surface area contributed by atoms with Crippen LogP contribution in [0.25, 0.3) is 0 Å². The summed E-state index contributed by atoms with van der Waals surface area (Å²) < 4.78 is 35.2. The van der Waals surface area contributed by atoms with Gasteiger partial charge in [0.25, 0.3) is 0 Å². The first-order valence-corrected chi connectivity index (χ1v) is 26.2. The lowest BCUT2D eigenvalue weighted by Crippen LogP contribution is -2.72. The zero-order chi connectivity index (χ0) is 42.4. The smallest absolute Gasteiger partial charge is 0.356 e. The van der Waals surface area contributed by atoms with Gasteiger partial charge in [-0.2, -0.15) is 0 Å². The molecular formula is C45H53FN3O6PS2Si. The van der Waals surface area contributed by atoms with Crippen molar-refractivity contribution in [3.05, 3.63) is 126 Å². The van der Waals surface area contributed by atoms with Crippen LogP contribution in [0, 0.1) is 11.8 Å². The molecule has 312 valence electrons. The van der Waals surface area contributed by atoms with Gasteiger partial charge in [0.2, 0.25) is 5.91 Å². The van der Waals surface area contributed by atoms with E-state index in [2.05, 4.69) is 44.1 Å². The summed E-state index contributed by atoms with van der Waals surface area (Å²) in [5.74, 6) is -2.32. The molecule has 0 unspecified atom stereocenters. The summed E-state index contributed by atoms with van der Waals surface area (Å²) in [4.78, 5) is 32.3. The zero-order valence-electron chi connectivity index (χ0n) is 34.5. The van der Waals surface area contributed by atoms with Gasteiger partial charge in [-0.15, -0.1) is 10.2 Å². The molecule has 0 radical (unpaired) electrons. The number of hydrogen-bond donors (Lipinski definition) is 1. The second-order valence-corrected chi connectivity index (χ2v) is 26.3. The molecule has 1 aliphatic heterocycles. The van der Waals surface area contributed by atoms with Crippen molar-refractivity contribution >= 4 is 71.5 Å². The third kappa shape index (κ3) is 9.31. The third-order valence-electron chi connectivity index (χ3n) is 11.5. The van der Waals surface area contributed by atoms with Crippen LogP contribution in [0.15, 0.2) is 125 Å². The molecule has 59 heavy (non-hydrogen) atoms. The summed E-state index contributed by atoms with van der Waals surface area (Å²) in [5.41, 5.74) is 2.43. The second kappa shape index (κ2) is 19.1. The molecule has 6 rings (SSSR count). The van der Waals surface area contributed by atoms with Crippen LogP contribution < -0.4 is 20.7 Å². The molecule has 4 aromatic carbocycles.